The molecule has 0 saturated heterocycles. The lowest BCUT2D eigenvalue weighted by atomic mass is 10.1. The van der Waals surface area contributed by atoms with Gasteiger partial charge in [0.25, 0.3) is 0 Å². The van der Waals surface area contributed by atoms with Gasteiger partial charge in [0.15, 0.2) is 5.11 Å². The third-order valence-electron chi connectivity index (χ3n) is 3.76. The van der Waals surface area contributed by atoms with Gasteiger partial charge in [-0.2, -0.15) is 0 Å². The molecule has 110 valence electrons. The van der Waals surface area contributed by atoms with Crippen molar-refractivity contribution in [3.05, 3.63) is 71.8 Å². The van der Waals surface area contributed by atoms with E-state index in [1.165, 1.54) is 16.5 Å². The maximum Gasteiger partial charge on any atom is 0.175 e. The second-order valence-corrected chi connectivity index (χ2v) is 5.78. The third-order valence-corrected chi connectivity index (χ3v) is 3.96. The van der Waals surface area contributed by atoms with Gasteiger partial charge in [-0.25, -0.2) is 0 Å². The fourth-order valence-corrected chi connectivity index (χ4v) is 2.83. The van der Waals surface area contributed by atoms with Gasteiger partial charge in [-0.3, -0.25) is 0 Å². The minimum absolute atomic E-state index is 0.605. The Hall–Kier alpha value is -2.39. The number of benzene rings is 3. The van der Waals surface area contributed by atoms with E-state index < -0.39 is 0 Å². The van der Waals surface area contributed by atoms with Crippen LogP contribution in [-0.2, 0) is 0 Å². The first-order chi connectivity index (χ1) is 10.6. The van der Waals surface area contributed by atoms with E-state index in [0.29, 0.717) is 5.11 Å². The zero-order valence-electron chi connectivity index (χ0n) is 12.7. The molecular formula is C19H18N2S. The van der Waals surface area contributed by atoms with Crippen LogP contribution in [0.5, 0.6) is 0 Å². The van der Waals surface area contributed by atoms with E-state index >= 15 is 0 Å². The zero-order valence-corrected chi connectivity index (χ0v) is 13.5. The quantitative estimate of drug-likeness (QED) is 0.631. The number of thiocarbonyl (C=S) groups is 1. The molecule has 0 amide bonds. The molecule has 0 fully saturated rings. The number of nitrogens with one attached hydrogen (secondary N) is 2. The van der Waals surface area contributed by atoms with Crippen molar-refractivity contribution >= 4 is 39.5 Å². The first kappa shape index (κ1) is 14.5. The molecule has 3 aromatic carbocycles. The Morgan fingerprint density at radius 1 is 0.773 bits per heavy atom. The van der Waals surface area contributed by atoms with Crippen molar-refractivity contribution < 1.29 is 0 Å². The van der Waals surface area contributed by atoms with Gasteiger partial charge in [-0.15, -0.1) is 0 Å². The summed E-state index contributed by atoms with van der Waals surface area (Å²) in [7, 11) is 0. The van der Waals surface area contributed by atoms with Crippen LogP contribution in [0, 0.1) is 13.8 Å². The normalized spacial score (nSPS) is 10.5. The summed E-state index contributed by atoms with van der Waals surface area (Å²) in [5.74, 6) is 0. The summed E-state index contributed by atoms with van der Waals surface area (Å²) in [4.78, 5) is 0. The van der Waals surface area contributed by atoms with Gasteiger partial charge < -0.3 is 10.6 Å². The largest absolute Gasteiger partial charge is 0.332 e. The molecular weight excluding hydrogens is 288 g/mol. The second kappa shape index (κ2) is 6.16. The smallest absolute Gasteiger partial charge is 0.175 e. The average Bonchev–Trinajstić information content (AvgIpc) is 2.51. The van der Waals surface area contributed by atoms with Crippen LogP contribution in [0.1, 0.15) is 11.1 Å². The van der Waals surface area contributed by atoms with Gasteiger partial charge in [0.05, 0.1) is 0 Å². The summed E-state index contributed by atoms with van der Waals surface area (Å²) < 4.78 is 0. The highest BCUT2D eigenvalue weighted by Gasteiger charge is 2.06. The Morgan fingerprint density at radius 3 is 2.18 bits per heavy atom. The zero-order chi connectivity index (χ0) is 15.5. The lowest BCUT2D eigenvalue weighted by Crippen LogP contribution is -2.20. The van der Waals surface area contributed by atoms with Crippen molar-refractivity contribution in [2.75, 3.05) is 10.6 Å². The highest BCUT2D eigenvalue weighted by molar-refractivity contribution is 7.80. The Balaban J connectivity index is 1.85. The molecule has 0 aliphatic carbocycles. The number of anilines is 2. The average molecular weight is 306 g/mol. The third kappa shape index (κ3) is 2.95. The molecule has 0 heterocycles. The van der Waals surface area contributed by atoms with E-state index in [1.807, 2.05) is 24.3 Å². The number of hydrogen-bond donors (Lipinski definition) is 2. The summed E-state index contributed by atoms with van der Waals surface area (Å²) in [5, 5.41) is 9.58. The monoisotopic (exact) mass is 306 g/mol. The summed E-state index contributed by atoms with van der Waals surface area (Å²) in [6.07, 6.45) is 0. The van der Waals surface area contributed by atoms with Crippen LogP contribution in [0.3, 0.4) is 0 Å². The highest BCUT2D eigenvalue weighted by atomic mass is 32.1. The van der Waals surface area contributed by atoms with Crippen molar-refractivity contribution in [1.29, 1.82) is 0 Å². The summed E-state index contributed by atoms with van der Waals surface area (Å²) in [6.45, 7) is 4.16. The van der Waals surface area contributed by atoms with Crippen molar-refractivity contribution in [2.45, 2.75) is 13.8 Å². The van der Waals surface area contributed by atoms with Crippen molar-refractivity contribution in [3.63, 3.8) is 0 Å². The first-order valence-electron chi connectivity index (χ1n) is 7.27. The topological polar surface area (TPSA) is 24.1 Å². The van der Waals surface area contributed by atoms with Crippen molar-refractivity contribution in [1.82, 2.24) is 0 Å². The lowest BCUT2D eigenvalue weighted by molar-refractivity contribution is 1.38. The summed E-state index contributed by atoms with van der Waals surface area (Å²) in [6, 6.07) is 20.7. The van der Waals surface area contributed by atoms with E-state index in [0.717, 1.165) is 16.8 Å². The number of rotatable bonds is 2. The molecule has 0 aromatic heterocycles. The molecule has 2 N–H and O–H groups in total. The van der Waals surface area contributed by atoms with Gasteiger partial charge in [0.2, 0.25) is 0 Å². The van der Waals surface area contributed by atoms with E-state index in [1.54, 1.807) is 0 Å². The molecule has 3 heteroatoms. The minimum atomic E-state index is 0.605. The maximum absolute atomic E-state index is 5.48. The number of hydrogen-bond acceptors (Lipinski definition) is 1. The van der Waals surface area contributed by atoms with Gasteiger partial charge in [-0.1, -0.05) is 54.6 Å². The fraction of sp³-hybridized carbons (Fsp3) is 0.105. The Labute approximate surface area is 136 Å². The molecule has 2 nitrogen and oxygen atoms in total. The molecule has 3 aromatic rings. The molecule has 0 aliphatic heterocycles. The van der Waals surface area contributed by atoms with Crippen molar-refractivity contribution in [3.8, 4) is 0 Å². The fourth-order valence-electron chi connectivity index (χ4n) is 2.61. The summed E-state index contributed by atoms with van der Waals surface area (Å²) in [5.41, 5.74) is 4.45. The maximum atomic E-state index is 5.48. The first-order valence-corrected chi connectivity index (χ1v) is 7.68. The van der Waals surface area contributed by atoms with Crippen LogP contribution < -0.4 is 10.6 Å². The second-order valence-electron chi connectivity index (χ2n) is 5.37. The lowest BCUT2D eigenvalue weighted by Gasteiger charge is -2.15. The predicted molar refractivity (Wildman–Crippen MR) is 99.7 cm³/mol. The molecule has 0 atom stereocenters. The van der Waals surface area contributed by atoms with E-state index in [4.69, 9.17) is 12.2 Å². The predicted octanol–water partition coefficient (Wildman–Crippen LogP) is 5.27. The molecule has 0 saturated carbocycles. The standard InChI is InChI=1S/C19H18N2S/c1-13-7-5-8-14(2)18(13)21-19(22)20-17-12-6-10-15-9-3-4-11-16(15)17/h3-12H,1-2H3,(H2,20,21,22). The van der Waals surface area contributed by atoms with Crippen LogP contribution in [0.25, 0.3) is 10.8 Å². The van der Waals surface area contributed by atoms with Gasteiger partial charge in [0, 0.05) is 16.8 Å². The van der Waals surface area contributed by atoms with E-state index in [-0.39, 0.29) is 0 Å². The number of fused-ring (bicyclic) bond motifs is 1. The van der Waals surface area contributed by atoms with E-state index in [9.17, 15) is 0 Å². The Kier molecular flexibility index (Phi) is 4.07. The van der Waals surface area contributed by atoms with Crippen LogP contribution in [-0.4, -0.2) is 5.11 Å². The molecule has 0 radical (unpaired) electrons. The SMILES string of the molecule is Cc1cccc(C)c1NC(=S)Nc1cccc2ccccc12. The van der Waals surface area contributed by atoms with Crippen LogP contribution in [0.4, 0.5) is 11.4 Å². The van der Waals surface area contributed by atoms with Gasteiger partial charge in [0.1, 0.15) is 0 Å². The Bertz CT molecular complexity index is 814. The molecule has 0 bridgehead atoms. The molecule has 0 spiro atoms. The van der Waals surface area contributed by atoms with Gasteiger partial charge >= 0.3 is 0 Å². The number of para-hydroxylation sites is 1. The van der Waals surface area contributed by atoms with Crippen LogP contribution in [0.15, 0.2) is 60.7 Å². The summed E-state index contributed by atoms with van der Waals surface area (Å²) >= 11 is 5.48. The molecule has 3 rings (SSSR count). The van der Waals surface area contributed by atoms with Crippen LogP contribution in [0.2, 0.25) is 0 Å². The minimum Gasteiger partial charge on any atom is -0.332 e. The highest BCUT2D eigenvalue weighted by Crippen LogP contribution is 2.24. The number of aryl methyl sites for hydroxylation is 2. The van der Waals surface area contributed by atoms with Gasteiger partial charge in [-0.05, 0) is 48.6 Å². The molecule has 22 heavy (non-hydrogen) atoms. The van der Waals surface area contributed by atoms with Crippen LogP contribution >= 0.6 is 12.2 Å². The molecule has 0 aliphatic rings. The Morgan fingerprint density at radius 2 is 1.41 bits per heavy atom. The van der Waals surface area contributed by atoms with Crippen molar-refractivity contribution in [2.24, 2.45) is 0 Å². The van der Waals surface area contributed by atoms with E-state index in [2.05, 4.69) is 60.9 Å². The molecule has 0 unspecified atom stereocenters.